The van der Waals surface area contributed by atoms with Crippen LogP contribution >= 0.6 is 0 Å². The van der Waals surface area contributed by atoms with Crippen molar-refractivity contribution in [2.45, 2.75) is 58.3 Å². The van der Waals surface area contributed by atoms with Gasteiger partial charge in [0, 0.05) is 36.9 Å². The predicted molar refractivity (Wildman–Crippen MR) is 150 cm³/mol. The van der Waals surface area contributed by atoms with Crippen LogP contribution in [0.5, 0.6) is 5.75 Å². The summed E-state index contributed by atoms with van der Waals surface area (Å²) in [5.74, 6) is -0.00756. The van der Waals surface area contributed by atoms with Crippen molar-refractivity contribution in [3.8, 4) is 5.75 Å². The highest BCUT2D eigenvalue weighted by Crippen LogP contribution is 2.28. The third kappa shape index (κ3) is 8.28. The topological polar surface area (TPSA) is 91.3 Å². The highest BCUT2D eigenvalue weighted by molar-refractivity contribution is 6.05. The van der Waals surface area contributed by atoms with Crippen LogP contribution in [0.15, 0.2) is 48.5 Å². The molecule has 1 aliphatic rings. The zero-order valence-electron chi connectivity index (χ0n) is 23.4. The fourth-order valence-electron chi connectivity index (χ4n) is 4.62. The van der Waals surface area contributed by atoms with Gasteiger partial charge < -0.3 is 29.7 Å². The number of hydrogen-bond acceptors (Lipinski definition) is 6. The number of rotatable bonds is 6. The van der Waals surface area contributed by atoms with Gasteiger partial charge in [-0.2, -0.15) is 0 Å². The molecule has 0 spiro atoms. The van der Waals surface area contributed by atoms with Crippen molar-refractivity contribution in [1.29, 1.82) is 0 Å². The highest BCUT2D eigenvalue weighted by atomic mass is 16.5. The maximum Gasteiger partial charge on any atom is 0.258 e. The number of carbonyl (C=O) groups is 2. The number of aliphatic hydroxyl groups excluding tert-OH is 1. The molecule has 0 unspecified atom stereocenters. The molecule has 208 valence electrons. The molecule has 0 fully saturated rings. The number of fused-ring (bicyclic) bond motifs is 1. The van der Waals surface area contributed by atoms with Crippen LogP contribution in [0.2, 0.25) is 0 Å². The van der Waals surface area contributed by atoms with Crippen LogP contribution in [0, 0.1) is 5.92 Å². The quantitative estimate of drug-likeness (QED) is 0.585. The van der Waals surface area contributed by atoms with Crippen molar-refractivity contribution < 1.29 is 24.2 Å². The Hall–Kier alpha value is -2.94. The zero-order chi connectivity index (χ0) is 27.7. The average Bonchev–Trinajstić information content (AvgIpc) is 2.90. The van der Waals surface area contributed by atoms with E-state index in [0.29, 0.717) is 35.7 Å². The molecule has 1 aliphatic heterocycles. The Morgan fingerprint density at radius 3 is 2.58 bits per heavy atom. The average molecular weight is 526 g/mol. The third-order valence-corrected chi connectivity index (χ3v) is 6.89. The number of nitrogens with one attached hydrogen (secondary N) is 1. The van der Waals surface area contributed by atoms with Crippen LogP contribution < -0.4 is 10.1 Å². The maximum atomic E-state index is 14.1. The van der Waals surface area contributed by atoms with Crippen molar-refractivity contribution in [2.24, 2.45) is 5.92 Å². The molecule has 0 radical (unpaired) electrons. The minimum atomic E-state index is -0.411. The molecular formula is C30H43N3O5. The highest BCUT2D eigenvalue weighted by Gasteiger charge is 2.30. The van der Waals surface area contributed by atoms with E-state index in [1.54, 1.807) is 47.4 Å². The maximum absolute atomic E-state index is 14.1. The first-order valence-corrected chi connectivity index (χ1v) is 13.5. The van der Waals surface area contributed by atoms with Crippen molar-refractivity contribution in [1.82, 2.24) is 9.80 Å². The Balaban J connectivity index is 1.98. The number of benzene rings is 2. The van der Waals surface area contributed by atoms with E-state index in [-0.39, 0.29) is 36.5 Å². The molecule has 0 aliphatic carbocycles. The lowest BCUT2D eigenvalue weighted by Gasteiger charge is -2.35. The van der Waals surface area contributed by atoms with E-state index in [4.69, 9.17) is 9.47 Å². The Kier molecular flexibility index (Phi) is 11.1. The molecule has 4 atom stereocenters. The van der Waals surface area contributed by atoms with E-state index < -0.39 is 6.04 Å². The SMILES string of the molecule is C[C@@H]1CCCCO[C@@H](CN(C)C)[C@H](C)CN([C@@H](C)CO)C(=O)c2cc(NC(=O)c3ccccc3)ccc2O1. The van der Waals surface area contributed by atoms with Gasteiger partial charge in [0.1, 0.15) is 5.75 Å². The number of hydrogen-bond donors (Lipinski definition) is 2. The molecule has 0 saturated carbocycles. The molecule has 2 N–H and O–H groups in total. The summed E-state index contributed by atoms with van der Waals surface area (Å²) in [6.45, 7) is 7.54. The Labute approximate surface area is 226 Å². The van der Waals surface area contributed by atoms with Gasteiger partial charge in [-0.05, 0) is 77.5 Å². The standard InChI is InChI=1S/C30H43N3O5/c1-21-18-33(22(2)20-34)30(36)26-17-25(31-29(35)24-12-7-6-8-13-24)14-15-27(26)38-23(3)11-9-10-16-37-28(21)19-32(4)5/h6-8,12-15,17,21-23,28,34H,9-11,16,18-20H2,1-5H3,(H,31,35)/t21-,22+,23-,28+/m1/s1. The summed E-state index contributed by atoms with van der Waals surface area (Å²) in [6.07, 6.45) is 2.55. The van der Waals surface area contributed by atoms with E-state index in [9.17, 15) is 14.7 Å². The summed E-state index contributed by atoms with van der Waals surface area (Å²) in [4.78, 5) is 30.6. The summed E-state index contributed by atoms with van der Waals surface area (Å²) in [6, 6.07) is 13.7. The molecule has 2 aromatic rings. The summed E-state index contributed by atoms with van der Waals surface area (Å²) in [7, 11) is 4.03. The second-order valence-corrected chi connectivity index (χ2v) is 10.6. The fourth-order valence-corrected chi connectivity index (χ4v) is 4.62. The smallest absolute Gasteiger partial charge is 0.258 e. The van der Waals surface area contributed by atoms with Gasteiger partial charge in [-0.15, -0.1) is 0 Å². The molecule has 0 aromatic heterocycles. The first-order chi connectivity index (χ1) is 18.2. The van der Waals surface area contributed by atoms with Crippen LogP contribution in [-0.2, 0) is 4.74 Å². The van der Waals surface area contributed by atoms with E-state index in [0.717, 1.165) is 25.8 Å². The predicted octanol–water partition coefficient (Wildman–Crippen LogP) is 4.30. The van der Waals surface area contributed by atoms with Gasteiger partial charge in [0.25, 0.3) is 11.8 Å². The van der Waals surface area contributed by atoms with E-state index in [1.807, 2.05) is 34.0 Å². The molecule has 2 aromatic carbocycles. The number of ether oxygens (including phenoxy) is 2. The van der Waals surface area contributed by atoms with Crippen molar-refractivity contribution in [3.05, 3.63) is 59.7 Å². The number of amides is 2. The Morgan fingerprint density at radius 1 is 1.16 bits per heavy atom. The molecule has 3 rings (SSSR count). The normalized spacial score (nSPS) is 22.2. The van der Waals surface area contributed by atoms with E-state index in [1.165, 1.54) is 0 Å². The summed E-state index contributed by atoms with van der Waals surface area (Å²) in [5, 5.41) is 12.9. The van der Waals surface area contributed by atoms with Gasteiger partial charge >= 0.3 is 0 Å². The van der Waals surface area contributed by atoms with Crippen molar-refractivity contribution in [2.75, 3.05) is 45.7 Å². The minimum absolute atomic E-state index is 0.0301. The van der Waals surface area contributed by atoms with Crippen molar-refractivity contribution in [3.63, 3.8) is 0 Å². The van der Waals surface area contributed by atoms with E-state index >= 15 is 0 Å². The van der Waals surface area contributed by atoms with Gasteiger partial charge in [0.2, 0.25) is 0 Å². The Morgan fingerprint density at radius 2 is 1.89 bits per heavy atom. The molecule has 1 heterocycles. The van der Waals surface area contributed by atoms with Crippen LogP contribution in [0.25, 0.3) is 0 Å². The first-order valence-electron chi connectivity index (χ1n) is 13.5. The molecule has 8 nitrogen and oxygen atoms in total. The van der Waals surface area contributed by atoms with Crippen LogP contribution in [-0.4, -0.2) is 85.4 Å². The van der Waals surface area contributed by atoms with E-state index in [2.05, 4.69) is 17.1 Å². The first kappa shape index (κ1) is 29.6. The monoisotopic (exact) mass is 525 g/mol. The summed E-state index contributed by atoms with van der Waals surface area (Å²) >= 11 is 0. The fraction of sp³-hybridized carbons (Fsp3) is 0.533. The lowest BCUT2D eigenvalue weighted by molar-refractivity contribution is -0.0137. The Bertz CT molecular complexity index is 1050. The van der Waals surface area contributed by atoms with Crippen LogP contribution in [0.1, 0.15) is 60.7 Å². The number of anilines is 1. The number of nitrogens with zero attached hydrogens (tertiary/aromatic N) is 2. The second kappa shape index (κ2) is 14.3. The summed E-state index contributed by atoms with van der Waals surface area (Å²) < 4.78 is 12.5. The summed E-state index contributed by atoms with van der Waals surface area (Å²) in [5.41, 5.74) is 1.39. The molecule has 0 bridgehead atoms. The molecule has 8 heteroatoms. The van der Waals surface area contributed by atoms with Crippen molar-refractivity contribution >= 4 is 17.5 Å². The van der Waals surface area contributed by atoms with Crippen LogP contribution in [0.4, 0.5) is 5.69 Å². The molecular weight excluding hydrogens is 482 g/mol. The number of aliphatic hydroxyl groups is 1. The zero-order valence-corrected chi connectivity index (χ0v) is 23.4. The van der Waals surface area contributed by atoms with Gasteiger partial charge in [-0.3, -0.25) is 9.59 Å². The van der Waals surface area contributed by atoms with Gasteiger partial charge in [-0.1, -0.05) is 25.1 Å². The number of likely N-dealkylation sites (N-methyl/N-ethyl adjacent to an activating group) is 1. The number of carbonyl (C=O) groups excluding carboxylic acids is 2. The van der Waals surface area contributed by atoms with Gasteiger partial charge in [0.15, 0.2) is 0 Å². The third-order valence-electron chi connectivity index (χ3n) is 6.89. The van der Waals surface area contributed by atoms with Crippen LogP contribution in [0.3, 0.4) is 0 Å². The minimum Gasteiger partial charge on any atom is -0.490 e. The molecule has 38 heavy (non-hydrogen) atoms. The molecule has 2 amide bonds. The lowest BCUT2D eigenvalue weighted by atomic mass is 10.0. The van der Waals surface area contributed by atoms with Gasteiger partial charge in [0.05, 0.1) is 30.4 Å². The van der Waals surface area contributed by atoms with Gasteiger partial charge in [-0.25, -0.2) is 0 Å². The lowest BCUT2D eigenvalue weighted by Crippen LogP contribution is -2.47. The molecule has 0 saturated heterocycles. The largest absolute Gasteiger partial charge is 0.490 e. The second-order valence-electron chi connectivity index (χ2n) is 10.6.